The van der Waals surface area contributed by atoms with Gasteiger partial charge in [0.1, 0.15) is 24.7 Å². The van der Waals surface area contributed by atoms with Crippen LogP contribution in [0.1, 0.15) is 12.8 Å². The Kier molecular flexibility index (Phi) is 6.21. The van der Waals surface area contributed by atoms with E-state index in [9.17, 15) is 0 Å². The molecule has 0 spiro atoms. The normalized spacial score (nSPS) is 16.8. The lowest BCUT2D eigenvalue weighted by molar-refractivity contribution is 0.0680. The van der Waals surface area contributed by atoms with Gasteiger partial charge in [-0.05, 0) is 49.2 Å². The molecule has 128 valence electrons. The molecule has 0 aromatic heterocycles. The Morgan fingerprint density at radius 3 is 2.75 bits per heavy atom. The van der Waals surface area contributed by atoms with Gasteiger partial charge in [0, 0.05) is 29.9 Å². The van der Waals surface area contributed by atoms with Crippen molar-refractivity contribution in [1.29, 1.82) is 0 Å². The summed E-state index contributed by atoms with van der Waals surface area (Å²) in [5, 5.41) is 4.04. The SMILES string of the molecule is Clc1ccc(OCCNc2cccc(OCC3CCCO3)c2)cc1. The summed E-state index contributed by atoms with van der Waals surface area (Å²) in [5.74, 6) is 1.67. The number of anilines is 1. The van der Waals surface area contributed by atoms with E-state index in [0.29, 0.717) is 24.8 Å². The molecule has 2 aromatic carbocycles. The molecule has 5 heteroatoms. The highest BCUT2D eigenvalue weighted by molar-refractivity contribution is 6.30. The number of nitrogens with one attached hydrogen (secondary N) is 1. The van der Waals surface area contributed by atoms with Crippen LogP contribution in [0.2, 0.25) is 5.02 Å². The topological polar surface area (TPSA) is 39.7 Å². The van der Waals surface area contributed by atoms with Gasteiger partial charge < -0.3 is 19.5 Å². The second kappa shape index (κ2) is 8.81. The molecule has 4 nitrogen and oxygen atoms in total. The number of hydrogen-bond donors (Lipinski definition) is 1. The van der Waals surface area contributed by atoms with E-state index >= 15 is 0 Å². The average Bonchev–Trinajstić information content (AvgIpc) is 3.12. The van der Waals surface area contributed by atoms with E-state index in [2.05, 4.69) is 5.32 Å². The van der Waals surface area contributed by atoms with E-state index < -0.39 is 0 Å². The molecule has 0 bridgehead atoms. The van der Waals surface area contributed by atoms with Crippen molar-refractivity contribution in [2.75, 3.05) is 31.7 Å². The van der Waals surface area contributed by atoms with Crippen molar-refractivity contribution in [1.82, 2.24) is 0 Å². The zero-order valence-electron chi connectivity index (χ0n) is 13.5. The molecule has 1 unspecified atom stereocenters. The van der Waals surface area contributed by atoms with E-state index in [1.807, 2.05) is 48.5 Å². The quantitative estimate of drug-likeness (QED) is 0.719. The molecule has 1 aliphatic rings. The molecule has 3 rings (SSSR count). The van der Waals surface area contributed by atoms with E-state index in [1.54, 1.807) is 0 Å². The van der Waals surface area contributed by atoms with E-state index in [0.717, 1.165) is 36.6 Å². The third-order valence-electron chi connectivity index (χ3n) is 3.81. The smallest absolute Gasteiger partial charge is 0.121 e. The van der Waals surface area contributed by atoms with Crippen molar-refractivity contribution in [2.45, 2.75) is 18.9 Å². The summed E-state index contributed by atoms with van der Waals surface area (Å²) in [6.07, 6.45) is 2.44. The largest absolute Gasteiger partial charge is 0.492 e. The van der Waals surface area contributed by atoms with Crippen molar-refractivity contribution in [2.24, 2.45) is 0 Å². The molecule has 1 N–H and O–H groups in total. The summed E-state index contributed by atoms with van der Waals surface area (Å²) in [6, 6.07) is 15.3. The summed E-state index contributed by atoms with van der Waals surface area (Å²) in [6.45, 7) is 2.74. The molecule has 24 heavy (non-hydrogen) atoms. The van der Waals surface area contributed by atoms with Gasteiger partial charge in [-0.2, -0.15) is 0 Å². The van der Waals surface area contributed by atoms with Crippen LogP contribution in [-0.2, 0) is 4.74 Å². The monoisotopic (exact) mass is 347 g/mol. The molecule has 1 heterocycles. The maximum absolute atomic E-state index is 5.85. The van der Waals surface area contributed by atoms with Gasteiger partial charge in [-0.3, -0.25) is 0 Å². The van der Waals surface area contributed by atoms with Crippen LogP contribution in [0.5, 0.6) is 11.5 Å². The summed E-state index contributed by atoms with van der Waals surface area (Å²) < 4.78 is 17.0. The minimum absolute atomic E-state index is 0.231. The van der Waals surface area contributed by atoms with Gasteiger partial charge >= 0.3 is 0 Å². The number of benzene rings is 2. The molecule has 1 saturated heterocycles. The Morgan fingerprint density at radius 2 is 1.96 bits per heavy atom. The highest BCUT2D eigenvalue weighted by atomic mass is 35.5. The average molecular weight is 348 g/mol. The maximum Gasteiger partial charge on any atom is 0.121 e. The molecular formula is C19H22ClNO3. The maximum atomic E-state index is 5.85. The Balaban J connectivity index is 1.40. The molecule has 0 amide bonds. The molecular weight excluding hydrogens is 326 g/mol. The second-order valence-electron chi connectivity index (χ2n) is 5.70. The van der Waals surface area contributed by atoms with E-state index in [1.165, 1.54) is 0 Å². The molecule has 0 radical (unpaired) electrons. The van der Waals surface area contributed by atoms with Crippen LogP contribution in [0.4, 0.5) is 5.69 Å². The summed E-state index contributed by atoms with van der Waals surface area (Å²) in [7, 11) is 0. The van der Waals surface area contributed by atoms with Gasteiger partial charge in [0.25, 0.3) is 0 Å². The predicted octanol–water partition coefficient (Wildman–Crippen LogP) is 4.39. The first-order chi connectivity index (χ1) is 11.8. The Hall–Kier alpha value is -1.91. The first-order valence-electron chi connectivity index (χ1n) is 8.26. The summed E-state index contributed by atoms with van der Waals surface area (Å²) in [5.41, 5.74) is 1.01. The molecule has 1 aliphatic heterocycles. The lowest BCUT2D eigenvalue weighted by atomic mass is 10.2. The minimum Gasteiger partial charge on any atom is -0.492 e. The minimum atomic E-state index is 0.231. The number of ether oxygens (including phenoxy) is 3. The van der Waals surface area contributed by atoms with Crippen LogP contribution in [0, 0.1) is 0 Å². The fourth-order valence-electron chi connectivity index (χ4n) is 2.56. The van der Waals surface area contributed by atoms with Crippen LogP contribution in [0.25, 0.3) is 0 Å². The lowest BCUT2D eigenvalue weighted by Gasteiger charge is -2.13. The van der Waals surface area contributed by atoms with Gasteiger partial charge in [0.05, 0.1) is 6.10 Å². The molecule has 1 fully saturated rings. The third-order valence-corrected chi connectivity index (χ3v) is 4.06. The van der Waals surface area contributed by atoms with Gasteiger partial charge in [0.2, 0.25) is 0 Å². The first-order valence-corrected chi connectivity index (χ1v) is 8.64. The third kappa shape index (κ3) is 5.32. The van der Waals surface area contributed by atoms with Crippen LogP contribution in [0.3, 0.4) is 0 Å². The van der Waals surface area contributed by atoms with Crippen molar-refractivity contribution < 1.29 is 14.2 Å². The molecule has 0 aliphatic carbocycles. The van der Waals surface area contributed by atoms with Crippen molar-refractivity contribution in [3.8, 4) is 11.5 Å². The molecule has 0 saturated carbocycles. The van der Waals surface area contributed by atoms with Gasteiger partial charge in [0.15, 0.2) is 0 Å². The Labute approximate surface area is 147 Å². The van der Waals surface area contributed by atoms with Crippen molar-refractivity contribution in [3.63, 3.8) is 0 Å². The molecule has 2 aromatic rings. The number of hydrogen-bond acceptors (Lipinski definition) is 4. The zero-order chi connectivity index (χ0) is 16.6. The van der Waals surface area contributed by atoms with Crippen LogP contribution >= 0.6 is 11.6 Å². The van der Waals surface area contributed by atoms with Gasteiger partial charge in [-0.1, -0.05) is 17.7 Å². The second-order valence-corrected chi connectivity index (χ2v) is 6.14. The Bertz CT molecular complexity index is 627. The molecule has 1 atom stereocenters. The van der Waals surface area contributed by atoms with E-state index in [-0.39, 0.29) is 6.10 Å². The van der Waals surface area contributed by atoms with Gasteiger partial charge in [-0.15, -0.1) is 0 Å². The lowest BCUT2D eigenvalue weighted by Crippen LogP contribution is -2.16. The standard InChI is InChI=1S/C19H22ClNO3/c20-15-6-8-17(9-7-15)23-12-10-21-16-3-1-4-18(13-16)24-14-19-5-2-11-22-19/h1,3-4,6-9,13,19,21H,2,5,10-12,14H2. The van der Waals surface area contributed by atoms with E-state index in [4.69, 9.17) is 25.8 Å². The predicted molar refractivity (Wildman–Crippen MR) is 96.3 cm³/mol. The highest BCUT2D eigenvalue weighted by Crippen LogP contribution is 2.20. The summed E-state index contributed by atoms with van der Waals surface area (Å²) >= 11 is 5.85. The number of rotatable bonds is 8. The zero-order valence-corrected chi connectivity index (χ0v) is 14.3. The van der Waals surface area contributed by atoms with Gasteiger partial charge in [-0.25, -0.2) is 0 Å². The van der Waals surface area contributed by atoms with Crippen LogP contribution in [-0.4, -0.2) is 32.5 Å². The van der Waals surface area contributed by atoms with Crippen molar-refractivity contribution >= 4 is 17.3 Å². The fraction of sp³-hybridized carbons (Fsp3) is 0.368. The van der Waals surface area contributed by atoms with Crippen LogP contribution in [0.15, 0.2) is 48.5 Å². The fourth-order valence-corrected chi connectivity index (χ4v) is 2.68. The van der Waals surface area contributed by atoms with Crippen molar-refractivity contribution in [3.05, 3.63) is 53.6 Å². The Morgan fingerprint density at radius 1 is 1.08 bits per heavy atom. The number of halogens is 1. The first kappa shape index (κ1) is 16.9. The summed E-state index contributed by atoms with van der Waals surface area (Å²) in [4.78, 5) is 0. The van der Waals surface area contributed by atoms with Crippen LogP contribution < -0.4 is 14.8 Å². The highest BCUT2D eigenvalue weighted by Gasteiger charge is 2.15.